The molecular weight excluding hydrogens is 496 g/mol. The van der Waals surface area contributed by atoms with Gasteiger partial charge >= 0.3 is 11.9 Å². The molecule has 0 amide bonds. The Bertz CT molecular complexity index is 1370. The molecule has 0 aliphatic rings. The summed E-state index contributed by atoms with van der Waals surface area (Å²) in [5, 5.41) is 12.2. The zero-order valence-electron chi connectivity index (χ0n) is 21.9. The summed E-state index contributed by atoms with van der Waals surface area (Å²) >= 11 is 0. The van der Waals surface area contributed by atoms with Gasteiger partial charge in [-0.25, -0.2) is 4.98 Å². The molecule has 0 spiro atoms. The van der Waals surface area contributed by atoms with Gasteiger partial charge in [-0.2, -0.15) is 0 Å². The van der Waals surface area contributed by atoms with E-state index in [0.29, 0.717) is 37.6 Å². The molecule has 2 N–H and O–H groups in total. The molecule has 0 unspecified atom stereocenters. The molecular formula is C31H32N2O6. The van der Waals surface area contributed by atoms with Crippen LogP contribution in [-0.2, 0) is 40.3 Å². The Morgan fingerprint density at radius 2 is 1.69 bits per heavy atom. The van der Waals surface area contributed by atoms with Crippen molar-refractivity contribution in [3.8, 4) is 17.2 Å². The number of hydrogen-bond acceptors (Lipinski definition) is 7. The van der Waals surface area contributed by atoms with Crippen molar-refractivity contribution in [3.05, 3.63) is 107 Å². The van der Waals surface area contributed by atoms with Crippen LogP contribution in [0, 0.1) is 6.92 Å². The number of rotatable bonds is 14. The summed E-state index contributed by atoms with van der Waals surface area (Å²) in [4.78, 5) is 27.9. The Kier molecular flexibility index (Phi) is 9.85. The fourth-order valence-corrected chi connectivity index (χ4v) is 4.06. The van der Waals surface area contributed by atoms with Crippen LogP contribution in [0.3, 0.4) is 0 Å². The van der Waals surface area contributed by atoms with E-state index in [0.717, 1.165) is 33.7 Å². The van der Waals surface area contributed by atoms with Gasteiger partial charge in [0.05, 0.1) is 18.8 Å². The summed E-state index contributed by atoms with van der Waals surface area (Å²) in [6, 6.07) is 24.8. The SMILES string of the molecule is Cc1oc(-c2ccccc2)nc1CCOc1ccc(CCC(=O)O)c(CNCC(=O)OCc2ccccc2)c1. The number of benzene rings is 3. The van der Waals surface area contributed by atoms with Gasteiger partial charge in [0.2, 0.25) is 5.89 Å². The first-order valence-electron chi connectivity index (χ1n) is 12.9. The predicted molar refractivity (Wildman–Crippen MR) is 146 cm³/mol. The van der Waals surface area contributed by atoms with Gasteiger partial charge in [-0.3, -0.25) is 9.59 Å². The molecule has 0 aliphatic carbocycles. The largest absolute Gasteiger partial charge is 0.493 e. The molecule has 1 heterocycles. The van der Waals surface area contributed by atoms with Crippen LogP contribution in [0.1, 0.15) is 34.6 Å². The number of aryl methyl sites for hydroxylation is 2. The highest BCUT2D eigenvalue weighted by atomic mass is 16.5. The van der Waals surface area contributed by atoms with Gasteiger partial charge in [0.25, 0.3) is 0 Å². The van der Waals surface area contributed by atoms with Gasteiger partial charge in [0, 0.05) is 24.9 Å². The van der Waals surface area contributed by atoms with E-state index in [-0.39, 0.29) is 25.5 Å². The monoisotopic (exact) mass is 528 g/mol. The Morgan fingerprint density at radius 1 is 0.949 bits per heavy atom. The number of nitrogens with zero attached hydrogens (tertiary/aromatic N) is 1. The number of carboxylic acids is 1. The first-order chi connectivity index (χ1) is 19.0. The lowest BCUT2D eigenvalue weighted by molar-refractivity contribution is -0.144. The highest BCUT2D eigenvalue weighted by Gasteiger charge is 2.13. The van der Waals surface area contributed by atoms with Crippen LogP contribution in [0.25, 0.3) is 11.5 Å². The number of nitrogens with one attached hydrogen (secondary N) is 1. The third-order valence-electron chi connectivity index (χ3n) is 6.13. The van der Waals surface area contributed by atoms with Gasteiger partial charge < -0.3 is 24.3 Å². The standard InChI is InChI=1S/C31H32N2O6/c1-22-28(33-31(39-22)25-10-6-3-7-11-25)16-17-37-27-14-12-24(13-15-29(34)35)26(18-27)19-32-20-30(36)38-21-23-8-4-2-5-9-23/h2-12,14,18,32H,13,15-17,19-21H2,1H3,(H,34,35). The first-order valence-corrected chi connectivity index (χ1v) is 12.9. The van der Waals surface area contributed by atoms with E-state index in [4.69, 9.17) is 19.0 Å². The molecule has 4 rings (SSSR count). The maximum atomic E-state index is 12.2. The lowest BCUT2D eigenvalue weighted by Gasteiger charge is -2.13. The summed E-state index contributed by atoms with van der Waals surface area (Å²) < 4.78 is 17.1. The number of esters is 1. The highest BCUT2D eigenvalue weighted by molar-refractivity contribution is 5.71. The van der Waals surface area contributed by atoms with E-state index < -0.39 is 5.97 Å². The minimum Gasteiger partial charge on any atom is -0.493 e. The van der Waals surface area contributed by atoms with E-state index in [1.807, 2.05) is 85.8 Å². The maximum Gasteiger partial charge on any atom is 0.320 e. The number of aliphatic carboxylic acids is 1. The highest BCUT2D eigenvalue weighted by Crippen LogP contribution is 2.23. The average Bonchev–Trinajstić information content (AvgIpc) is 3.32. The second-order valence-corrected chi connectivity index (χ2v) is 9.06. The minimum atomic E-state index is -0.864. The number of carbonyl (C=O) groups is 2. The lowest BCUT2D eigenvalue weighted by atomic mass is 10.0. The minimum absolute atomic E-state index is 0.0154. The third-order valence-corrected chi connectivity index (χ3v) is 6.13. The summed E-state index contributed by atoms with van der Waals surface area (Å²) in [6.07, 6.45) is 0.969. The van der Waals surface area contributed by atoms with E-state index >= 15 is 0 Å². The quantitative estimate of drug-likeness (QED) is 0.217. The molecule has 0 aliphatic heterocycles. The van der Waals surface area contributed by atoms with Crippen molar-refractivity contribution >= 4 is 11.9 Å². The smallest absolute Gasteiger partial charge is 0.320 e. The third kappa shape index (κ3) is 8.55. The Labute approximate surface area is 227 Å². The molecule has 0 saturated carbocycles. The zero-order valence-corrected chi connectivity index (χ0v) is 21.9. The molecule has 0 fully saturated rings. The fraction of sp³-hybridized carbons (Fsp3) is 0.258. The van der Waals surface area contributed by atoms with Gasteiger partial charge in [-0.1, -0.05) is 54.6 Å². The molecule has 8 nitrogen and oxygen atoms in total. The Balaban J connectivity index is 1.32. The molecule has 4 aromatic rings. The number of aromatic nitrogens is 1. The maximum absolute atomic E-state index is 12.2. The number of ether oxygens (including phenoxy) is 2. The molecule has 39 heavy (non-hydrogen) atoms. The summed E-state index contributed by atoms with van der Waals surface area (Å²) in [5.74, 6) is 0.766. The predicted octanol–water partition coefficient (Wildman–Crippen LogP) is 5.12. The van der Waals surface area contributed by atoms with Crippen LogP contribution < -0.4 is 10.1 Å². The molecule has 0 bridgehead atoms. The van der Waals surface area contributed by atoms with Crippen LogP contribution in [0.2, 0.25) is 0 Å². The Morgan fingerprint density at radius 3 is 2.44 bits per heavy atom. The van der Waals surface area contributed by atoms with Gasteiger partial charge in [0.15, 0.2) is 0 Å². The fourth-order valence-electron chi connectivity index (χ4n) is 4.06. The van der Waals surface area contributed by atoms with Gasteiger partial charge in [0.1, 0.15) is 18.1 Å². The summed E-state index contributed by atoms with van der Waals surface area (Å²) in [7, 11) is 0. The van der Waals surface area contributed by atoms with Crippen LogP contribution in [0.5, 0.6) is 5.75 Å². The average molecular weight is 529 g/mol. The van der Waals surface area contributed by atoms with Gasteiger partial charge in [-0.15, -0.1) is 0 Å². The second-order valence-electron chi connectivity index (χ2n) is 9.06. The first kappa shape index (κ1) is 27.6. The van der Waals surface area contributed by atoms with Crippen molar-refractivity contribution in [1.29, 1.82) is 0 Å². The normalized spacial score (nSPS) is 10.8. The molecule has 0 atom stereocenters. The number of oxazole rings is 1. The molecule has 0 saturated heterocycles. The molecule has 0 radical (unpaired) electrons. The number of hydrogen-bond donors (Lipinski definition) is 2. The van der Waals surface area contributed by atoms with Crippen molar-refractivity contribution < 1.29 is 28.6 Å². The van der Waals surface area contributed by atoms with Crippen molar-refractivity contribution in [2.45, 2.75) is 39.3 Å². The topological polar surface area (TPSA) is 111 Å². The van der Waals surface area contributed by atoms with Gasteiger partial charge in [-0.05, 0) is 54.3 Å². The van der Waals surface area contributed by atoms with Crippen molar-refractivity contribution in [2.75, 3.05) is 13.2 Å². The Hall–Kier alpha value is -4.43. The van der Waals surface area contributed by atoms with Crippen LogP contribution in [0.4, 0.5) is 0 Å². The molecule has 202 valence electrons. The van der Waals surface area contributed by atoms with Crippen LogP contribution >= 0.6 is 0 Å². The summed E-state index contributed by atoms with van der Waals surface area (Å²) in [6.45, 7) is 2.91. The van der Waals surface area contributed by atoms with Crippen molar-refractivity contribution in [1.82, 2.24) is 10.3 Å². The van der Waals surface area contributed by atoms with E-state index in [1.165, 1.54) is 0 Å². The van der Waals surface area contributed by atoms with Crippen LogP contribution in [-0.4, -0.2) is 35.2 Å². The number of carboxylic acid groups (broad SMARTS) is 1. The van der Waals surface area contributed by atoms with E-state index in [1.54, 1.807) is 0 Å². The van der Waals surface area contributed by atoms with E-state index in [9.17, 15) is 9.59 Å². The second kappa shape index (κ2) is 13.9. The van der Waals surface area contributed by atoms with Crippen LogP contribution in [0.15, 0.2) is 83.3 Å². The van der Waals surface area contributed by atoms with Crippen molar-refractivity contribution in [2.24, 2.45) is 0 Å². The van der Waals surface area contributed by atoms with Crippen molar-refractivity contribution in [3.63, 3.8) is 0 Å². The van der Waals surface area contributed by atoms with E-state index in [2.05, 4.69) is 10.3 Å². The molecule has 3 aromatic carbocycles. The zero-order chi connectivity index (χ0) is 27.5. The summed E-state index contributed by atoms with van der Waals surface area (Å²) in [5.41, 5.74) is 4.43. The lowest BCUT2D eigenvalue weighted by Crippen LogP contribution is -2.24. The molecule has 1 aromatic heterocycles. The number of carbonyl (C=O) groups excluding carboxylic acids is 1. The molecule has 8 heteroatoms.